The molecule has 0 heterocycles. The van der Waals surface area contributed by atoms with Gasteiger partial charge in [-0.25, -0.2) is 0 Å². The van der Waals surface area contributed by atoms with E-state index in [9.17, 15) is 9.90 Å². The quantitative estimate of drug-likeness (QED) is 0.0533. The first-order valence-electron chi connectivity index (χ1n) is 27.2. The van der Waals surface area contributed by atoms with Crippen LogP contribution in [0.2, 0.25) is 0 Å². The van der Waals surface area contributed by atoms with Crippen LogP contribution in [-0.2, 0) is 4.79 Å². The van der Waals surface area contributed by atoms with Crippen molar-refractivity contribution in [2.24, 2.45) is 0 Å². The van der Waals surface area contributed by atoms with Crippen LogP contribution in [0.3, 0.4) is 0 Å². The van der Waals surface area contributed by atoms with E-state index in [0.717, 1.165) is 32.6 Å². The molecule has 0 bridgehead atoms. The highest BCUT2D eigenvalue weighted by Crippen LogP contribution is 2.15. The van der Waals surface area contributed by atoms with Gasteiger partial charge >= 0.3 is 0 Å². The van der Waals surface area contributed by atoms with Gasteiger partial charge in [-0.05, 0) is 64.8 Å². The van der Waals surface area contributed by atoms with Crippen molar-refractivity contribution in [3.63, 3.8) is 0 Å². The lowest BCUT2D eigenvalue weighted by molar-refractivity contribution is -0.120. The highest BCUT2D eigenvalue weighted by Gasteiger charge is 2.13. The molecule has 3 N–H and O–H groups in total. The van der Waals surface area contributed by atoms with Gasteiger partial charge in [-0.15, -0.1) is 0 Å². The van der Waals surface area contributed by atoms with Crippen molar-refractivity contribution in [1.29, 1.82) is 0 Å². The molecule has 1 atom stereocenters. The normalized spacial score (nSPS) is 12.3. The van der Waals surface area contributed by atoms with Gasteiger partial charge in [0.15, 0.2) is 0 Å². The van der Waals surface area contributed by atoms with Crippen molar-refractivity contribution in [1.82, 2.24) is 20.4 Å². The zero-order chi connectivity index (χ0) is 43.0. The van der Waals surface area contributed by atoms with Crippen molar-refractivity contribution in [3.8, 4) is 0 Å². The largest absolute Gasteiger partial charge is 0.390 e. The van der Waals surface area contributed by atoms with Crippen LogP contribution in [0.15, 0.2) is 0 Å². The SMILES string of the molecule is CCCCCCCCCCCCCCNC(=O)CNCC(O)CN(CCCCCCCCCCCCCC)CCCCN(CC)CCCCCCCCCCCCCC. The van der Waals surface area contributed by atoms with E-state index in [2.05, 4.69) is 48.1 Å². The van der Waals surface area contributed by atoms with Crippen molar-refractivity contribution in [2.75, 3.05) is 58.9 Å². The number of nitrogens with one attached hydrogen (secondary N) is 2. The second-order valence-corrected chi connectivity index (χ2v) is 18.7. The number of amides is 1. The molecule has 0 spiro atoms. The van der Waals surface area contributed by atoms with Gasteiger partial charge in [0.05, 0.1) is 12.6 Å². The van der Waals surface area contributed by atoms with Crippen molar-refractivity contribution in [3.05, 3.63) is 0 Å². The Morgan fingerprint density at radius 2 is 0.695 bits per heavy atom. The third-order valence-electron chi connectivity index (χ3n) is 12.8. The zero-order valence-electron chi connectivity index (χ0n) is 41.1. The van der Waals surface area contributed by atoms with E-state index in [-0.39, 0.29) is 5.91 Å². The molecule has 0 fully saturated rings. The van der Waals surface area contributed by atoms with Crippen molar-refractivity contribution < 1.29 is 9.90 Å². The second-order valence-electron chi connectivity index (χ2n) is 18.7. The summed E-state index contributed by atoms with van der Waals surface area (Å²) in [7, 11) is 0. The molecule has 0 aromatic rings. The van der Waals surface area contributed by atoms with Gasteiger partial charge in [0.1, 0.15) is 0 Å². The Morgan fingerprint density at radius 1 is 0.407 bits per heavy atom. The number of nitrogens with zero attached hydrogens (tertiary/aromatic N) is 2. The molecule has 0 saturated carbocycles. The number of carbonyl (C=O) groups excluding carboxylic acids is 1. The lowest BCUT2D eigenvalue weighted by Crippen LogP contribution is -2.42. The molecular weight excluding hydrogens is 725 g/mol. The average molecular weight is 835 g/mol. The monoisotopic (exact) mass is 835 g/mol. The van der Waals surface area contributed by atoms with E-state index in [1.54, 1.807) is 0 Å². The summed E-state index contributed by atoms with van der Waals surface area (Å²) < 4.78 is 0. The van der Waals surface area contributed by atoms with E-state index in [1.807, 2.05) is 0 Å². The molecule has 1 amide bonds. The lowest BCUT2D eigenvalue weighted by atomic mass is 10.1. The van der Waals surface area contributed by atoms with Gasteiger partial charge < -0.3 is 25.5 Å². The summed E-state index contributed by atoms with van der Waals surface area (Å²) in [6.07, 6.45) is 51.3. The fraction of sp³-hybridized carbons (Fsp3) is 0.981. The maximum Gasteiger partial charge on any atom is 0.233 e. The number of aliphatic hydroxyl groups excluding tert-OH is 1. The Morgan fingerprint density at radius 3 is 1.03 bits per heavy atom. The molecule has 6 heteroatoms. The van der Waals surface area contributed by atoms with Crippen LogP contribution in [0, 0.1) is 0 Å². The van der Waals surface area contributed by atoms with E-state index >= 15 is 0 Å². The maximum atomic E-state index is 12.5. The molecular formula is C53H110N4O2. The molecule has 354 valence electrons. The maximum absolute atomic E-state index is 12.5. The molecule has 0 aliphatic rings. The Labute approximate surface area is 371 Å². The summed E-state index contributed by atoms with van der Waals surface area (Å²) in [6.45, 7) is 17.2. The molecule has 1 unspecified atom stereocenters. The average Bonchev–Trinajstić information content (AvgIpc) is 3.23. The van der Waals surface area contributed by atoms with Crippen molar-refractivity contribution in [2.45, 2.75) is 278 Å². The van der Waals surface area contributed by atoms with Crippen LogP contribution in [-0.4, -0.2) is 85.8 Å². The fourth-order valence-corrected chi connectivity index (χ4v) is 8.72. The third-order valence-corrected chi connectivity index (χ3v) is 12.8. The summed E-state index contributed by atoms with van der Waals surface area (Å²) in [5.74, 6) is 0.0533. The molecule has 0 aliphatic carbocycles. The number of carbonyl (C=O) groups is 1. The van der Waals surface area contributed by atoms with Crippen molar-refractivity contribution >= 4 is 5.91 Å². The highest BCUT2D eigenvalue weighted by molar-refractivity contribution is 5.77. The first kappa shape index (κ1) is 58.3. The summed E-state index contributed by atoms with van der Waals surface area (Å²) in [5, 5.41) is 17.3. The van der Waals surface area contributed by atoms with Crippen LogP contribution in [0.1, 0.15) is 272 Å². The molecule has 0 radical (unpaired) electrons. The second kappa shape index (κ2) is 50.0. The lowest BCUT2D eigenvalue weighted by Gasteiger charge is -2.26. The molecule has 6 nitrogen and oxygen atoms in total. The number of unbranched alkanes of at least 4 members (excludes halogenated alkanes) is 34. The van der Waals surface area contributed by atoms with Gasteiger partial charge in [-0.3, -0.25) is 4.79 Å². The fourth-order valence-electron chi connectivity index (χ4n) is 8.72. The number of hydrogen-bond acceptors (Lipinski definition) is 5. The minimum Gasteiger partial charge on any atom is -0.390 e. The first-order chi connectivity index (χ1) is 29.1. The molecule has 0 saturated heterocycles. The van der Waals surface area contributed by atoms with E-state index < -0.39 is 6.10 Å². The Kier molecular flexibility index (Phi) is 49.4. The number of aliphatic hydroxyl groups is 1. The van der Waals surface area contributed by atoms with E-state index in [0.29, 0.717) is 19.6 Å². The van der Waals surface area contributed by atoms with Crippen LogP contribution in [0.5, 0.6) is 0 Å². The number of rotatable bonds is 51. The van der Waals surface area contributed by atoms with Crippen LogP contribution in [0.25, 0.3) is 0 Å². The summed E-state index contributed by atoms with van der Waals surface area (Å²) in [5.41, 5.74) is 0. The molecule has 0 aliphatic heterocycles. The standard InChI is InChI=1S/C53H110N4O2/c1-5-9-12-15-18-21-24-27-30-33-36-39-44-55-53(59)50-54-49-52(58)51-57(47-41-38-35-32-29-26-23-20-17-14-11-7-3)48-43-42-46-56(8-4)45-40-37-34-31-28-25-22-19-16-13-10-6-2/h52,54,58H,5-51H2,1-4H3,(H,55,59). The Bertz CT molecular complexity index is 797. The Balaban J connectivity index is 4.31. The Hall–Kier alpha value is -0.690. The minimum absolute atomic E-state index is 0.0533. The van der Waals surface area contributed by atoms with E-state index in [4.69, 9.17) is 0 Å². The van der Waals surface area contributed by atoms with Gasteiger partial charge in [-0.1, -0.05) is 240 Å². The summed E-state index contributed by atoms with van der Waals surface area (Å²) >= 11 is 0. The van der Waals surface area contributed by atoms with Gasteiger partial charge in [0.25, 0.3) is 0 Å². The van der Waals surface area contributed by atoms with Crippen LogP contribution in [0.4, 0.5) is 0 Å². The van der Waals surface area contributed by atoms with Gasteiger partial charge in [-0.2, -0.15) is 0 Å². The first-order valence-corrected chi connectivity index (χ1v) is 27.2. The molecule has 59 heavy (non-hydrogen) atoms. The van der Waals surface area contributed by atoms with Crippen LogP contribution < -0.4 is 10.6 Å². The smallest absolute Gasteiger partial charge is 0.233 e. The molecule has 0 rings (SSSR count). The molecule has 0 aromatic heterocycles. The van der Waals surface area contributed by atoms with Gasteiger partial charge in [0.2, 0.25) is 5.91 Å². The summed E-state index contributed by atoms with van der Waals surface area (Å²) in [4.78, 5) is 17.6. The predicted molar refractivity (Wildman–Crippen MR) is 263 cm³/mol. The zero-order valence-corrected chi connectivity index (χ0v) is 41.1. The molecule has 0 aromatic carbocycles. The summed E-state index contributed by atoms with van der Waals surface area (Å²) in [6, 6.07) is 0. The number of hydrogen-bond donors (Lipinski definition) is 3. The topological polar surface area (TPSA) is 67.8 Å². The van der Waals surface area contributed by atoms with Gasteiger partial charge in [0, 0.05) is 19.6 Å². The third kappa shape index (κ3) is 46.6. The van der Waals surface area contributed by atoms with E-state index in [1.165, 1.54) is 251 Å². The predicted octanol–water partition coefficient (Wildman–Crippen LogP) is 14.6. The van der Waals surface area contributed by atoms with Crippen LogP contribution >= 0.6 is 0 Å². The minimum atomic E-state index is -0.450. The highest BCUT2D eigenvalue weighted by atomic mass is 16.3.